The molecule has 2 aromatic heterocycles. The van der Waals surface area contributed by atoms with Gasteiger partial charge in [0.15, 0.2) is 0 Å². The second-order valence-corrected chi connectivity index (χ2v) is 3.81. The first-order valence-corrected chi connectivity index (χ1v) is 5.82. The summed E-state index contributed by atoms with van der Waals surface area (Å²) in [7, 11) is 0. The number of para-hydroxylation sites is 1. The Morgan fingerprint density at radius 2 is 1.26 bits per heavy atom. The van der Waals surface area contributed by atoms with Gasteiger partial charge in [-0.2, -0.15) is 0 Å². The predicted molar refractivity (Wildman–Crippen MR) is 72.3 cm³/mol. The lowest BCUT2D eigenvalue weighted by Crippen LogP contribution is -2.12. The highest BCUT2D eigenvalue weighted by molar-refractivity contribution is 5.71. The molecule has 0 aliphatic carbocycles. The molecule has 0 fully saturated rings. The highest BCUT2D eigenvalue weighted by atomic mass is 15.2. The van der Waals surface area contributed by atoms with Crippen molar-refractivity contribution >= 4 is 17.3 Å². The summed E-state index contributed by atoms with van der Waals surface area (Å²) in [6.45, 7) is 0. The topological polar surface area (TPSA) is 54.8 Å². The number of aromatic nitrogens is 4. The van der Waals surface area contributed by atoms with Gasteiger partial charge in [-0.1, -0.05) is 18.2 Å². The maximum Gasteiger partial charge on any atom is 0.142 e. The van der Waals surface area contributed by atoms with E-state index in [1.54, 1.807) is 12.4 Å². The molecule has 0 radical (unpaired) electrons. The summed E-state index contributed by atoms with van der Waals surface area (Å²) in [5, 5.41) is 0. The molecule has 0 aliphatic heterocycles. The Kier molecular flexibility index (Phi) is 3.10. The van der Waals surface area contributed by atoms with E-state index in [0.717, 1.165) is 17.3 Å². The third kappa shape index (κ3) is 2.40. The molecule has 0 aliphatic rings. The van der Waals surface area contributed by atoms with Crippen molar-refractivity contribution < 1.29 is 0 Å². The average Bonchev–Trinajstić information content (AvgIpc) is 2.51. The number of rotatable bonds is 3. The highest BCUT2D eigenvalue weighted by Crippen LogP contribution is 2.30. The van der Waals surface area contributed by atoms with Crippen molar-refractivity contribution in [1.29, 1.82) is 0 Å². The van der Waals surface area contributed by atoms with Crippen LogP contribution in [0.1, 0.15) is 0 Å². The summed E-state index contributed by atoms with van der Waals surface area (Å²) in [5.74, 6) is 1.53. The minimum absolute atomic E-state index is 0.764. The van der Waals surface area contributed by atoms with Crippen LogP contribution in [-0.2, 0) is 0 Å². The van der Waals surface area contributed by atoms with E-state index in [0.29, 0.717) is 0 Å². The van der Waals surface area contributed by atoms with Crippen molar-refractivity contribution in [3.05, 3.63) is 67.5 Å². The Balaban J connectivity index is 2.12. The van der Waals surface area contributed by atoms with E-state index in [1.165, 1.54) is 12.7 Å². The van der Waals surface area contributed by atoms with E-state index < -0.39 is 0 Å². The van der Waals surface area contributed by atoms with Crippen molar-refractivity contribution in [2.24, 2.45) is 0 Å². The molecule has 0 saturated heterocycles. The van der Waals surface area contributed by atoms with Crippen LogP contribution in [0.3, 0.4) is 0 Å². The fourth-order valence-corrected chi connectivity index (χ4v) is 1.79. The first-order chi connectivity index (χ1) is 9.45. The SMILES string of the molecule is c1ccc(N(c2ccncn2)c2ccncn2)cc1. The zero-order valence-corrected chi connectivity index (χ0v) is 10.1. The zero-order valence-electron chi connectivity index (χ0n) is 10.1. The number of hydrogen-bond donors (Lipinski definition) is 0. The van der Waals surface area contributed by atoms with E-state index >= 15 is 0 Å². The van der Waals surface area contributed by atoms with Gasteiger partial charge in [-0.25, -0.2) is 19.9 Å². The third-order valence-electron chi connectivity index (χ3n) is 2.61. The predicted octanol–water partition coefficient (Wildman–Crippen LogP) is 2.74. The minimum atomic E-state index is 0.764. The van der Waals surface area contributed by atoms with Gasteiger partial charge in [0.25, 0.3) is 0 Å². The summed E-state index contributed by atoms with van der Waals surface area (Å²) in [6.07, 6.45) is 6.46. The maximum atomic E-state index is 4.29. The minimum Gasteiger partial charge on any atom is -0.279 e. The van der Waals surface area contributed by atoms with Gasteiger partial charge in [0.1, 0.15) is 24.3 Å². The molecule has 0 unspecified atom stereocenters. The summed E-state index contributed by atoms with van der Waals surface area (Å²) in [4.78, 5) is 18.4. The number of hydrogen-bond acceptors (Lipinski definition) is 5. The molecule has 3 rings (SSSR count). The van der Waals surface area contributed by atoms with Gasteiger partial charge < -0.3 is 0 Å². The molecule has 92 valence electrons. The molecule has 2 heterocycles. The lowest BCUT2D eigenvalue weighted by atomic mass is 10.3. The second kappa shape index (κ2) is 5.22. The van der Waals surface area contributed by atoms with Crippen LogP contribution >= 0.6 is 0 Å². The van der Waals surface area contributed by atoms with Crippen LogP contribution < -0.4 is 4.90 Å². The van der Waals surface area contributed by atoms with Crippen LogP contribution in [0, 0.1) is 0 Å². The Morgan fingerprint density at radius 1 is 0.684 bits per heavy atom. The standard InChI is InChI=1S/C14H11N5/c1-2-4-12(5-3-1)19(13-6-8-15-10-17-13)14-7-9-16-11-18-14/h1-11H. The Labute approximate surface area is 110 Å². The molecule has 0 N–H and O–H groups in total. The zero-order chi connectivity index (χ0) is 12.9. The van der Waals surface area contributed by atoms with Gasteiger partial charge >= 0.3 is 0 Å². The first-order valence-electron chi connectivity index (χ1n) is 5.82. The maximum absolute atomic E-state index is 4.29. The quantitative estimate of drug-likeness (QED) is 0.714. The molecule has 19 heavy (non-hydrogen) atoms. The first kappa shape index (κ1) is 11.3. The Hall–Kier alpha value is -2.82. The normalized spacial score (nSPS) is 10.1. The molecule has 5 nitrogen and oxygen atoms in total. The molecule has 0 saturated carbocycles. The summed E-state index contributed by atoms with van der Waals surface area (Å²) < 4.78 is 0. The van der Waals surface area contributed by atoms with Crippen LogP contribution in [0.5, 0.6) is 0 Å². The summed E-state index contributed by atoms with van der Waals surface area (Å²) >= 11 is 0. The largest absolute Gasteiger partial charge is 0.279 e. The Morgan fingerprint density at radius 3 is 1.74 bits per heavy atom. The summed E-state index contributed by atoms with van der Waals surface area (Å²) in [6, 6.07) is 13.6. The van der Waals surface area contributed by atoms with Gasteiger partial charge in [-0.15, -0.1) is 0 Å². The van der Waals surface area contributed by atoms with Crippen LogP contribution in [0.15, 0.2) is 67.5 Å². The lowest BCUT2D eigenvalue weighted by molar-refractivity contribution is 1.06. The van der Waals surface area contributed by atoms with Gasteiger partial charge in [0.05, 0.1) is 0 Å². The van der Waals surface area contributed by atoms with Crippen LogP contribution in [0.25, 0.3) is 0 Å². The smallest absolute Gasteiger partial charge is 0.142 e. The van der Waals surface area contributed by atoms with Crippen molar-refractivity contribution in [3.63, 3.8) is 0 Å². The monoisotopic (exact) mass is 249 g/mol. The number of nitrogens with zero attached hydrogens (tertiary/aromatic N) is 5. The molecular formula is C14H11N5. The highest BCUT2D eigenvalue weighted by Gasteiger charge is 2.13. The second-order valence-electron chi connectivity index (χ2n) is 3.81. The molecule has 0 bridgehead atoms. The van der Waals surface area contributed by atoms with Gasteiger partial charge in [0, 0.05) is 18.1 Å². The van der Waals surface area contributed by atoms with E-state index in [9.17, 15) is 0 Å². The van der Waals surface area contributed by atoms with E-state index in [4.69, 9.17) is 0 Å². The van der Waals surface area contributed by atoms with E-state index in [2.05, 4.69) is 19.9 Å². The van der Waals surface area contributed by atoms with Crippen molar-refractivity contribution in [2.75, 3.05) is 4.90 Å². The van der Waals surface area contributed by atoms with Gasteiger partial charge in [0.2, 0.25) is 0 Å². The number of benzene rings is 1. The van der Waals surface area contributed by atoms with E-state index in [1.807, 2.05) is 47.4 Å². The van der Waals surface area contributed by atoms with Crippen molar-refractivity contribution in [2.45, 2.75) is 0 Å². The fourth-order valence-electron chi connectivity index (χ4n) is 1.79. The van der Waals surface area contributed by atoms with Crippen molar-refractivity contribution in [1.82, 2.24) is 19.9 Å². The molecule has 5 heteroatoms. The molecular weight excluding hydrogens is 238 g/mol. The van der Waals surface area contributed by atoms with Crippen molar-refractivity contribution in [3.8, 4) is 0 Å². The third-order valence-corrected chi connectivity index (χ3v) is 2.61. The van der Waals surface area contributed by atoms with Gasteiger partial charge in [-0.05, 0) is 24.3 Å². The molecule has 0 atom stereocenters. The van der Waals surface area contributed by atoms with E-state index in [-0.39, 0.29) is 0 Å². The molecule has 0 spiro atoms. The van der Waals surface area contributed by atoms with Crippen LogP contribution in [0.2, 0.25) is 0 Å². The Bertz CT molecular complexity index is 534. The number of anilines is 3. The van der Waals surface area contributed by atoms with Gasteiger partial charge in [-0.3, -0.25) is 4.90 Å². The van der Waals surface area contributed by atoms with Crippen LogP contribution in [-0.4, -0.2) is 19.9 Å². The summed E-state index contributed by atoms with van der Waals surface area (Å²) in [5.41, 5.74) is 0.986. The van der Waals surface area contributed by atoms with Crippen LogP contribution in [0.4, 0.5) is 17.3 Å². The average molecular weight is 249 g/mol. The fraction of sp³-hybridized carbons (Fsp3) is 0. The molecule has 0 amide bonds. The molecule has 1 aromatic carbocycles. The molecule has 3 aromatic rings. The lowest BCUT2D eigenvalue weighted by Gasteiger charge is -2.22.